The molecule has 24 heavy (non-hydrogen) atoms. The summed E-state index contributed by atoms with van der Waals surface area (Å²) < 4.78 is 72.7. The number of ether oxygens (including phenoxy) is 2. The zero-order valence-corrected chi connectivity index (χ0v) is 14.7. The highest BCUT2D eigenvalue weighted by atomic mass is 32.2. The zero-order chi connectivity index (χ0) is 18.4. The van der Waals surface area contributed by atoms with E-state index in [0.717, 1.165) is 12.1 Å². The molecular formula is C15H22F3NO4S. The van der Waals surface area contributed by atoms with Gasteiger partial charge in [0.05, 0.1) is 11.5 Å². The smallest absolute Gasteiger partial charge is 0.406 e. The normalized spacial score (nSPS) is 12.8. The van der Waals surface area contributed by atoms with Gasteiger partial charge in [-0.2, -0.15) is 4.31 Å². The fourth-order valence-corrected chi connectivity index (χ4v) is 4.14. The second-order valence-corrected chi connectivity index (χ2v) is 6.99. The first-order valence-electron chi connectivity index (χ1n) is 7.52. The quantitative estimate of drug-likeness (QED) is 0.669. The molecule has 0 saturated heterocycles. The predicted octanol–water partition coefficient (Wildman–Crippen LogP) is 3.41. The summed E-state index contributed by atoms with van der Waals surface area (Å²) in [5, 5.41) is 0. The molecule has 0 aromatic heterocycles. The fraction of sp³-hybridized carbons (Fsp3) is 0.600. The van der Waals surface area contributed by atoms with Gasteiger partial charge in [-0.25, -0.2) is 8.42 Å². The van der Waals surface area contributed by atoms with Crippen molar-refractivity contribution in [2.75, 3.05) is 20.3 Å². The average Bonchev–Trinajstić information content (AvgIpc) is 2.50. The molecular weight excluding hydrogens is 347 g/mol. The van der Waals surface area contributed by atoms with E-state index < -0.39 is 22.1 Å². The molecule has 1 rings (SSSR count). The van der Waals surface area contributed by atoms with Crippen LogP contribution in [0, 0.1) is 0 Å². The van der Waals surface area contributed by atoms with Gasteiger partial charge >= 0.3 is 6.36 Å². The van der Waals surface area contributed by atoms with Gasteiger partial charge in [0.2, 0.25) is 10.0 Å². The van der Waals surface area contributed by atoms with E-state index in [0.29, 0.717) is 12.8 Å². The summed E-state index contributed by atoms with van der Waals surface area (Å²) >= 11 is 0. The number of methoxy groups -OCH3 is 1. The van der Waals surface area contributed by atoms with Crippen molar-refractivity contribution in [2.24, 2.45) is 0 Å². The highest BCUT2D eigenvalue weighted by molar-refractivity contribution is 7.89. The molecule has 0 fully saturated rings. The van der Waals surface area contributed by atoms with Gasteiger partial charge in [-0.3, -0.25) is 0 Å². The van der Waals surface area contributed by atoms with Gasteiger partial charge in [-0.1, -0.05) is 19.9 Å². The van der Waals surface area contributed by atoms with Gasteiger partial charge in [0.25, 0.3) is 0 Å². The van der Waals surface area contributed by atoms with Crippen LogP contribution in [0.4, 0.5) is 13.2 Å². The number of sulfonamides is 1. The second kappa shape index (κ2) is 8.68. The van der Waals surface area contributed by atoms with Crippen molar-refractivity contribution in [1.29, 1.82) is 0 Å². The van der Waals surface area contributed by atoms with Crippen LogP contribution in [0.5, 0.6) is 5.75 Å². The lowest BCUT2D eigenvalue weighted by Gasteiger charge is -2.29. The van der Waals surface area contributed by atoms with Gasteiger partial charge in [-0.15, -0.1) is 13.2 Å². The van der Waals surface area contributed by atoms with Crippen LogP contribution in [-0.4, -0.2) is 45.4 Å². The first-order valence-corrected chi connectivity index (χ1v) is 8.96. The first kappa shape index (κ1) is 20.7. The Balaban J connectivity index is 3.21. The highest BCUT2D eigenvalue weighted by Crippen LogP contribution is 2.27. The Morgan fingerprint density at radius 2 is 1.83 bits per heavy atom. The van der Waals surface area contributed by atoms with Crippen LogP contribution in [0.3, 0.4) is 0 Å². The van der Waals surface area contributed by atoms with Crippen LogP contribution >= 0.6 is 0 Å². The number of nitrogens with zero attached hydrogens (tertiary/aromatic N) is 1. The number of halogens is 3. The minimum absolute atomic E-state index is 0.121. The van der Waals surface area contributed by atoms with Crippen LogP contribution < -0.4 is 4.74 Å². The number of rotatable bonds is 9. The third-order valence-electron chi connectivity index (χ3n) is 3.51. The Bertz CT molecular complexity index is 615. The molecule has 0 heterocycles. The molecule has 1 aromatic rings. The van der Waals surface area contributed by atoms with Crippen LogP contribution in [0.15, 0.2) is 29.2 Å². The third kappa shape index (κ3) is 5.64. The molecule has 1 aromatic carbocycles. The van der Waals surface area contributed by atoms with Gasteiger partial charge in [-0.05, 0) is 25.0 Å². The summed E-state index contributed by atoms with van der Waals surface area (Å²) in [4.78, 5) is -0.243. The molecule has 0 saturated carbocycles. The molecule has 0 unspecified atom stereocenters. The van der Waals surface area contributed by atoms with E-state index in [9.17, 15) is 21.6 Å². The highest BCUT2D eigenvalue weighted by Gasteiger charge is 2.33. The van der Waals surface area contributed by atoms with Gasteiger partial charge in [0, 0.05) is 25.8 Å². The van der Waals surface area contributed by atoms with Crippen molar-refractivity contribution in [3.8, 4) is 5.75 Å². The second-order valence-electron chi connectivity index (χ2n) is 5.10. The van der Waals surface area contributed by atoms with Crippen LogP contribution in [0.2, 0.25) is 0 Å². The van der Waals surface area contributed by atoms with Crippen molar-refractivity contribution in [1.82, 2.24) is 4.31 Å². The van der Waals surface area contributed by atoms with Crippen molar-refractivity contribution >= 4 is 10.0 Å². The Morgan fingerprint density at radius 1 is 1.21 bits per heavy atom. The Kier molecular flexibility index (Phi) is 7.50. The minimum atomic E-state index is -4.88. The van der Waals surface area contributed by atoms with E-state index in [-0.39, 0.29) is 24.1 Å². The molecule has 5 nitrogen and oxygen atoms in total. The SMILES string of the molecule is CCC(CC)N(CCOC)S(=O)(=O)c1cccc(OC(F)(F)F)c1. The monoisotopic (exact) mass is 369 g/mol. The van der Waals surface area contributed by atoms with Gasteiger partial charge in [0.1, 0.15) is 5.75 Å². The fourth-order valence-electron chi connectivity index (χ4n) is 2.34. The first-order chi connectivity index (χ1) is 11.2. The maximum absolute atomic E-state index is 12.8. The van der Waals surface area contributed by atoms with Crippen LogP contribution in [0.25, 0.3) is 0 Å². The Morgan fingerprint density at radius 3 is 2.33 bits per heavy atom. The lowest BCUT2D eigenvalue weighted by molar-refractivity contribution is -0.274. The zero-order valence-electron chi connectivity index (χ0n) is 13.8. The molecule has 0 aliphatic carbocycles. The molecule has 0 atom stereocenters. The van der Waals surface area contributed by atoms with Crippen LogP contribution in [0.1, 0.15) is 26.7 Å². The molecule has 0 N–H and O–H groups in total. The Labute approximate surface area is 140 Å². The van der Waals surface area contributed by atoms with E-state index in [1.54, 1.807) is 0 Å². The van der Waals surface area contributed by atoms with Crippen LogP contribution in [-0.2, 0) is 14.8 Å². The number of alkyl halides is 3. The number of hydrogen-bond donors (Lipinski definition) is 0. The van der Waals surface area contributed by atoms with Crippen molar-refractivity contribution in [2.45, 2.75) is 44.0 Å². The summed E-state index contributed by atoms with van der Waals surface area (Å²) in [6.45, 7) is 4.02. The summed E-state index contributed by atoms with van der Waals surface area (Å²) in [6, 6.07) is 4.14. The molecule has 0 radical (unpaired) electrons. The summed E-state index contributed by atoms with van der Waals surface area (Å²) in [6.07, 6.45) is -3.72. The summed E-state index contributed by atoms with van der Waals surface area (Å²) in [7, 11) is -2.51. The van der Waals surface area contributed by atoms with Crippen molar-refractivity contribution in [3.05, 3.63) is 24.3 Å². The Hall–Kier alpha value is -1.32. The summed E-state index contributed by atoms with van der Waals surface area (Å²) in [5.74, 6) is -0.570. The lowest BCUT2D eigenvalue weighted by Crippen LogP contribution is -2.41. The minimum Gasteiger partial charge on any atom is -0.406 e. The molecule has 0 aliphatic rings. The van der Waals surface area contributed by atoms with E-state index in [4.69, 9.17) is 4.74 Å². The van der Waals surface area contributed by atoms with E-state index in [1.807, 2.05) is 13.8 Å². The topological polar surface area (TPSA) is 55.8 Å². The lowest BCUT2D eigenvalue weighted by atomic mass is 10.2. The molecule has 138 valence electrons. The average molecular weight is 369 g/mol. The predicted molar refractivity (Wildman–Crippen MR) is 83.3 cm³/mol. The van der Waals surface area contributed by atoms with E-state index in [1.165, 1.54) is 23.5 Å². The van der Waals surface area contributed by atoms with E-state index >= 15 is 0 Å². The standard InChI is InChI=1S/C15H22F3NO4S/c1-4-12(5-2)19(9-10-22-3)24(20,21)14-8-6-7-13(11-14)23-15(16,17)18/h6-8,11-12H,4-5,9-10H2,1-3H3. The van der Waals surface area contributed by atoms with Crippen molar-refractivity contribution < 1.29 is 31.1 Å². The van der Waals surface area contributed by atoms with E-state index in [2.05, 4.69) is 4.74 Å². The third-order valence-corrected chi connectivity index (χ3v) is 5.46. The van der Waals surface area contributed by atoms with Crippen molar-refractivity contribution in [3.63, 3.8) is 0 Å². The molecule has 0 bridgehead atoms. The summed E-state index contributed by atoms with van der Waals surface area (Å²) in [5.41, 5.74) is 0. The number of benzene rings is 1. The molecule has 0 spiro atoms. The maximum Gasteiger partial charge on any atom is 0.573 e. The number of hydrogen-bond acceptors (Lipinski definition) is 4. The van der Waals surface area contributed by atoms with Gasteiger partial charge < -0.3 is 9.47 Å². The molecule has 0 aliphatic heterocycles. The largest absolute Gasteiger partial charge is 0.573 e. The maximum atomic E-state index is 12.8. The molecule has 0 amide bonds. The molecule has 9 heteroatoms. The van der Waals surface area contributed by atoms with Gasteiger partial charge in [0.15, 0.2) is 0 Å².